The highest BCUT2D eigenvalue weighted by molar-refractivity contribution is 5.34. The Labute approximate surface area is 104 Å². The van der Waals surface area contributed by atoms with E-state index in [-0.39, 0.29) is 0 Å². The van der Waals surface area contributed by atoms with E-state index in [9.17, 15) is 0 Å². The first kappa shape index (κ1) is 12.1. The van der Waals surface area contributed by atoms with Crippen LogP contribution in [0.1, 0.15) is 25.8 Å². The largest absolute Gasteiger partial charge is 0.295 e. The van der Waals surface area contributed by atoms with Gasteiger partial charge in [0, 0.05) is 19.6 Å². The molecule has 0 aliphatic carbocycles. The molecule has 90 valence electrons. The zero-order chi connectivity index (χ0) is 12.3. The standard InChI is InChI=1S/C16H21N/c1-13(2)16-12-17(10-9-14(16)3)11-15-7-5-4-6-8-15/h4-8H,1,9-12H2,2-3H3. The minimum atomic E-state index is 1.05. The summed E-state index contributed by atoms with van der Waals surface area (Å²) in [7, 11) is 0. The Kier molecular flexibility index (Phi) is 3.80. The molecule has 0 amide bonds. The fraction of sp³-hybridized carbons (Fsp3) is 0.375. The molecule has 1 aliphatic heterocycles. The average Bonchev–Trinajstić information content (AvgIpc) is 2.32. The molecule has 1 heterocycles. The first-order valence-corrected chi connectivity index (χ1v) is 6.27. The Morgan fingerprint density at radius 2 is 2.00 bits per heavy atom. The lowest BCUT2D eigenvalue weighted by atomic mass is 9.96. The molecule has 0 fully saturated rings. The molecule has 1 heteroatoms. The quantitative estimate of drug-likeness (QED) is 0.759. The first-order chi connectivity index (χ1) is 8.16. The Bertz CT molecular complexity index is 428. The summed E-state index contributed by atoms with van der Waals surface area (Å²) >= 11 is 0. The van der Waals surface area contributed by atoms with Crippen LogP contribution in [0.2, 0.25) is 0 Å². The van der Waals surface area contributed by atoms with Gasteiger partial charge in [0.2, 0.25) is 0 Å². The summed E-state index contributed by atoms with van der Waals surface area (Å²) < 4.78 is 0. The molecule has 17 heavy (non-hydrogen) atoms. The number of rotatable bonds is 3. The predicted octanol–water partition coefficient (Wildman–Crippen LogP) is 3.78. The monoisotopic (exact) mass is 227 g/mol. The number of hydrogen-bond donors (Lipinski definition) is 0. The van der Waals surface area contributed by atoms with Gasteiger partial charge in [-0.05, 0) is 31.4 Å². The second-order valence-electron chi connectivity index (χ2n) is 4.99. The highest BCUT2D eigenvalue weighted by atomic mass is 15.1. The molecule has 2 rings (SSSR count). The summed E-state index contributed by atoms with van der Waals surface area (Å²) in [5, 5.41) is 0. The van der Waals surface area contributed by atoms with E-state index >= 15 is 0 Å². The van der Waals surface area contributed by atoms with Gasteiger partial charge < -0.3 is 0 Å². The summed E-state index contributed by atoms with van der Waals surface area (Å²) in [5.41, 5.74) is 5.59. The van der Waals surface area contributed by atoms with E-state index in [1.807, 2.05) is 0 Å². The lowest BCUT2D eigenvalue weighted by molar-refractivity contribution is 0.279. The van der Waals surface area contributed by atoms with Crippen molar-refractivity contribution in [3.8, 4) is 0 Å². The lowest BCUT2D eigenvalue weighted by Gasteiger charge is -2.30. The molecule has 1 aromatic carbocycles. The highest BCUT2D eigenvalue weighted by Gasteiger charge is 2.16. The van der Waals surface area contributed by atoms with Gasteiger partial charge in [0.05, 0.1) is 0 Å². The second kappa shape index (κ2) is 5.33. The minimum absolute atomic E-state index is 1.05. The minimum Gasteiger partial charge on any atom is -0.295 e. The van der Waals surface area contributed by atoms with Gasteiger partial charge in [-0.2, -0.15) is 0 Å². The molecule has 1 aromatic rings. The third-order valence-electron chi connectivity index (χ3n) is 3.46. The second-order valence-corrected chi connectivity index (χ2v) is 4.99. The van der Waals surface area contributed by atoms with Crippen LogP contribution in [0.25, 0.3) is 0 Å². The molecular weight excluding hydrogens is 206 g/mol. The Hall–Kier alpha value is -1.34. The molecule has 0 radical (unpaired) electrons. The Balaban J connectivity index is 2.04. The zero-order valence-electron chi connectivity index (χ0n) is 10.9. The van der Waals surface area contributed by atoms with Crippen molar-refractivity contribution < 1.29 is 0 Å². The summed E-state index contributed by atoms with van der Waals surface area (Å²) in [6.07, 6.45) is 1.18. The SMILES string of the molecule is C=C(C)C1=C(C)CCN(Cc2ccccc2)C1. The van der Waals surface area contributed by atoms with Gasteiger partial charge in [0.25, 0.3) is 0 Å². The molecule has 1 nitrogen and oxygen atoms in total. The molecule has 0 unspecified atom stereocenters. The van der Waals surface area contributed by atoms with Crippen LogP contribution < -0.4 is 0 Å². The average molecular weight is 227 g/mol. The van der Waals surface area contributed by atoms with E-state index in [0.29, 0.717) is 0 Å². The van der Waals surface area contributed by atoms with E-state index in [2.05, 4.69) is 55.7 Å². The first-order valence-electron chi connectivity index (χ1n) is 6.27. The molecule has 0 aromatic heterocycles. The van der Waals surface area contributed by atoms with Crippen molar-refractivity contribution in [3.05, 3.63) is 59.2 Å². The van der Waals surface area contributed by atoms with E-state index < -0.39 is 0 Å². The van der Waals surface area contributed by atoms with E-state index in [4.69, 9.17) is 0 Å². The third-order valence-corrected chi connectivity index (χ3v) is 3.46. The number of benzene rings is 1. The highest BCUT2D eigenvalue weighted by Crippen LogP contribution is 2.23. The molecule has 0 N–H and O–H groups in total. The smallest absolute Gasteiger partial charge is 0.0239 e. The summed E-state index contributed by atoms with van der Waals surface area (Å²) in [6.45, 7) is 11.7. The maximum atomic E-state index is 4.09. The predicted molar refractivity (Wildman–Crippen MR) is 73.9 cm³/mol. The van der Waals surface area contributed by atoms with E-state index in [1.165, 1.54) is 28.7 Å². The van der Waals surface area contributed by atoms with Gasteiger partial charge in [0.15, 0.2) is 0 Å². The van der Waals surface area contributed by atoms with Crippen LogP contribution in [0.5, 0.6) is 0 Å². The fourth-order valence-electron chi connectivity index (χ4n) is 2.39. The maximum absolute atomic E-state index is 4.09. The van der Waals surface area contributed by atoms with Crippen LogP contribution >= 0.6 is 0 Å². The third kappa shape index (κ3) is 3.07. The van der Waals surface area contributed by atoms with Crippen molar-refractivity contribution in [2.45, 2.75) is 26.8 Å². The van der Waals surface area contributed by atoms with Gasteiger partial charge in [0.1, 0.15) is 0 Å². The molecular formula is C16H21N. The van der Waals surface area contributed by atoms with Crippen LogP contribution in [-0.2, 0) is 6.54 Å². The molecule has 0 atom stereocenters. The van der Waals surface area contributed by atoms with Crippen molar-refractivity contribution >= 4 is 0 Å². The van der Waals surface area contributed by atoms with Crippen molar-refractivity contribution in [2.75, 3.05) is 13.1 Å². The van der Waals surface area contributed by atoms with Crippen molar-refractivity contribution in [2.24, 2.45) is 0 Å². The van der Waals surface area contributed by atoms with Crippen molar-refractivity contribution in [1.82, 2.24) is 4.90 Å². The van der Waals surface area contributed by atoms with Gasteiger partial charge in [-0.1, -0.05) is 48.1 Å². The Morgan fingerprint density at radius 1 is 1.29 bits per heavy atom. The van der Waals surface area contributed by atoms with Crippen molar-refractivity contribution in [3.63, 3.8) is 0 Å². The normalized spacial score (nSPS) is 17.3. The summed E-state index contributed by atoms with van der Waals surface area (Å²) in [5.74, 6) is 0. The van der Waals surface area contributed by atoms with Gasteiger partial charge >= 0.3 is 0 Å². The van der Waals surface area contributed by atoms with Gasteiger partial charge in [-0.15, -0.1) is 0 Å². The Morgan fingerprint density at radius 3 is 2.65 bits per heavy atom. The number of nitrogens with zero attached hydrogens (tertiary/aromatic N) is 1. The van der Waals surface area contributed by atoms with Gasteiger partial charge in [-0.25, -0.2) is 0 Å². The van der Waals surface area contributed by atoms with Crippen LogP contribution in [-0.4, -0.2) is 18.0 Å². The zero-order valence-corrected chi connectivity index (χ0v) is 10.9. The summed E-state index contributed by atoms with van der Waals surface area (Å²) in [4.78, 5) is 2.51. The van der Waals surface area contributed by atoms with Gasteiger partial charge in [-0.3, -0.25) is 4.90 Å². The van der Waals surface area contributed by atoms with Crippen LogP contribution in [0.3, 0.4) is 0 Å². The molecule has 0 saturated heterocycles. The van der Waals surface area contributed by atoms with Crippen LogP contribution in [0, 0.1) is 0 Å². The van der Waals surface area contributed by atoms with Crippen molar-refractivity contribution in [1.29, 1.82) is 0 Å². The van der Waals surface area contributed by atoms with Crippen LogP contribution in [0.4, 0.5) is 0 Å². The van der Waals surface area contributed by atoms with Crippen LogP contribution in [0.15, 0.2) is 53.6 Å². The fourth-order valence-corrected chi connectivity index (χ4v) is 2.39. The number of hydrogen-bond acceptors (Lipinski definition) is 1. The van der Waals surface area contributed by atoms with E-state index in [1.54, 1.807) is 0 Å². The summed E-state index contributed by atoms with van der Waals surface area (Å²) in [6, 6.07) is 10.7. The maximum Gasteiger partial charge on any atom is 0.0239 e. The molecule has 1 aliphatic rings. The van der Waals surface area contributed by atoms with E-state index in [0.717, 1.165) is 19.6 Å². The molecule has 0 bridgehead atoms. The topological polar surface area (TPSA) is 3.24 Å². The molecule has 0 saturated carbocycles. The molecule has 0 spiro atoms. The lowest BCUT2D eigenvalue weighted by Crippen LogP contribution is -2.31.